The molecule has 0 amide bonds. The molecule has 3 nitrogen and oxygen atoms in total. The summed E-state index contributed by atoms with van der Waals surface area (Å²) in [5, 5.41) is 0. The van der Waals surface area contributed by atoms with Gasteiger partial charge in [-0.1, -0.05) is 42.0 Å². The van der Waals surface area contributed by atoms with Crippen molar-refractivity contribution in [3.8, 4) is 5.75 Å². The van der Waals surface area contributed by atoms with Crippen molar-refractivity contribution in [2.45, 2.75) is 26.2 Å². The van der Waals surface area contributed by atoms with Crippen molar-refractivity contribution in [3.05, 3.63) is 65.2 Å². The van der Waals surface area contributed by atoms with Crippen LogP contribution in [0, 0.1) is 6.92 Å². The Bertz CT molecular complexity index is 571. The van der Waals surface area contributed by atoms with Crippen molar-refractivity contribution in [3.63, 3.8) is 0 Å². The van der Waals surface area contributed by atoms with Crippen molar-refractivity contribution in [2.75, 3.05) is 13.2 Å². The highest BCUT2D eigenvalue weighted by molar-refractivity contribution is 5.29. The van der Waals surface area contributed by atoms with Crippen molar-refractivity contribution < 1.29 is 14.2 Å². The average Bonchev–Trinajstić information content (AvgIpc) is 2.54. The van der Waals surface area contributed by atoms with Crippen LogP contribution in [-0.2, 0) is 16.1 Å². The fraction of sp³-hybridized carbons (Fsp3) is 0.333. The van der Waals surface area contributed by atoms with Gasteiger partial charge in [0.15, 0.2) is 6.29 Å². The van der Waals surface area contributed by atoms with E-state index in [1.54, 1.807) is 0 Å². The molecule has 0 radical (unpaired) electrons. The molecule has 0 spiro atoms. The van der Waals surface area contributed by atoms with Gasteiger partial charge in [-0.05, 0) is 31.0 Å². The number of aryl methyl sites for hydroxylation is 1. The summed E-state index contributed by atoms with van der Waals surface area (Å²) in [5.74, 6) is 0.857. The summed E-state index contributed by atoms with van der Waals surface area (Å²) in [5.41, 5.74) is 3.47. The van der Waals surface area contributed by atoms with Crippen LogP contribution in [0.5, 0.6) is 5.75 Å². The SMILES string of the molecule is Cc1cccc(COc2ccc(C3OCCCO3)cc2)c1. The van der Waals surface area contributed by atoms with Crippen molar-refractivity contribution in [1.29, 1.82) is 0 Å². The Morgan fingerprint density at radius 2 is 1.81 bits per heavy atom. The minimum Gasteiger partial charge on any atom is -0.489 e. The van der Waals surface area contributed by atoms with E-state index in [4.69, 9.17) is 14.2 Å². The molecule has 1 aliphatic rings. The Labute approximate surface area is 125 Å². The van der Waals surface area contributed by atoms with Gasteiger partial charge in [0.05, 0.1) is 13.2 Å². The Kier molecular flexibility index (Phi) is 4.53. The van der Waals surface area contributed by atoms with Gasteiger partial charge in [-0.2, -0.15) is 0 Å². The molecule has 21 heavy (non-hydrogen) atoms. The first-order valence-corrected chi connectivity index (χ1v) is 7.33. The lowest BCUT2D eigenvalue weighted by Gasteiger charge is -2.23. The summed E-state index contributed by atoms with van der Waals surface area (Å²) < 4.78 is 17.0. The van der Waals surface area contributed by atoms with Gasteiger partial charge >= 0.3 is 0 Å². The molecular formula is C18H20O3. The molecule has 0 N–H and O–H groups in total. The molecule has 0 saturated carbocycles. The fourth-order valence-electron chi connectivity index (χ4n) is 2.37. The van der Waals surface area contributed by atoms with E-state index in [1.807, 2.05) is 24.3 Å². The third-order valence-electron chi connectivity index (χ3n) is 3.47. The second-order valence-electron chi connectivity index (χ2n) is 5.27. The standard InChI is InChI=1S/C18H20O3/c1-14-4-2-5-15(12-14)13-21-17-8-6-16(7-9-17)18-19-10-3-11-20-18/h2,4-9,12,18H,3,10-11,13H2,1H3. The van der Waals surface area contributed by atoms with Gasteiger partial charge in [0.25, 0.3) is 0 Å². The molecule has 0 aromatic heterocycles. The van der Waals surface area contributed by atoms with Gasteiger partial charge in [-0.15, -0.1) is 0 Å². The Hall–Kier alpha value is -1.84. The van der Waals surface area contributed by atoms with Crippen LogP contribution in [0.2, 0.25) is 0 Å². The molecule has 0 bridgehead atoms. The molecule has 0 aliphatic carbocycles. The summed E-state index contributed by atoms with van der Waals surface area (Å²) in [6.45, 7) is 4.19. The van der Waals surface area contributed by atoms with Crippen LogP contribution in [0.3, 0.4) is 0 Å². The summed E-state index contributed by atoms with van der Waals surface area (Å²) in [4.78, 5) is 0. The zero-order chi connectivity index (χ0) is 14.5. The van der Waals surface area contributed by atoms with Gasteiger partial charge in [0.2, 0.25) is 0 Å². The van der Waals surface area contributed by atoms with Crippen molar-refractivity contribution in [2.24, 2.45) is 0 Å². The van der Waals surface area contributed by atoms with E-state index in [0.29, 0.717) is 6.61 Å². The number of benzene rings is 2. The molecule has 1 aliphatic heterocycles. The highest BCUT2D eigenvalue weighted by Crippen LogP contribution is 2.25. The van der Waals surface area contributed by atoms with Crippen LogP contribution in [0.1, 0.15) is 29.4 Å². The maximum Gasteiger partial charge on any atom is 0.183 e. The summed E-state index contributed by atoms with van der Waals surface area (Å²) in [6.07, 6.45) is 0.735. The van der Waals surface area contributed by atoms with E-state index in [2.05, 4.69) is 31.2 Å². The number of rotatable bonds is 4. The Balaban J connectivity index is 1.59. The van der Waals surface area contributed by atoms with Gasteiger partial charge < -0.3 is 14.2 Å². The molecule has 1 heterocycles. The van der Waals surface area contributed by atoms with E-state index in [1.165, 1.54) is 11.1 Å². The number of hydrogen-bond acceptors (Lipinski definition) is 3. The second-order valence-corrected chi connectivity index (χ2v) is 5.27. The van der Waals surface area contributed by atoms with Crippen LogP contribution < -0.4 is 4.74 Å². The van der Waals surface area contributed by atoms with Gasteiger partial charge in [0.1, 0.15) is 12.4 Å². The molecule has 3 heteroatoms. The fourth-order valence-corrected chi connectivity index (χ4v) is 2.37. The number of hydrogen-bond donors (Lipinski definition) is 0. The van der Waals surface area contributed by atoms with E-state index >= 15 is 0 Å². The topological polar surface area (TPSA) is 27.7 Å². The third kappa shape index (κ3) is 3.84. The quantitative estimate of drug-likeness (QED) is 0.849. The van der Waals surface area contributed by atoms with Crippen LogP contribution in [0.25, 0.3) is 0 Å². The molecule has 1 fully saturated rings. The molecule has 0 atom stereocenters. The van der Waals surface area contributed by atoms with E-state index in [-0.39, 0.29) is 6.29 Å². The lowest BCUT2D eigenvalue weighted by Crippen LogP contribution is -2.17. The molecular weight excluding hydrogens is 264 g/mol. The van der Waals surface area contributed by atoms with Crippen LogP contribution in [0.4, 0.5) is 0 Å². The summed E-state index contributed by atoms with van der Waals surface area (Å²) >= 11 is 0. The summed E-state index contributed by atoms with van der Waals surface area (Å²) in [7, 11) is 0. The smallest absolute Gasteiger partial charge is 0.183 e. The third-order valence-corrected chi connectivity index (χ3v) is 3.47. The second kappa shape index (κ2) is 6.74. The Morgan fingerprint density at radius 3 is 2.52 bits per heavy atom. The maximum atomic E-state index is 5.81. The molecule has 0 unspecified atom stereocenters. The van der Waals surface area contributed by atoms with E-state index in [9.17, 15) is 0 Å². The maximum absolute atomic E-state index is 5.81. The molecule has 1 saturated heterocycles. The van der Waals surface area contributed by atoms with Crippen LogP contribution >= 0.6 is 0 Å². The highest BCUT2D eigenvalue weighted by atomic mass is 16.7. The minimum atomic E-state index is -0.232. The largest absolute Gasteiger partial charge is 0.489 e. The first-order valence-electron chi connectivity index (χ1n) is 7.33. The molecule has 2 aromatic carbocycles. The van der Waals surface area contributed by atoms with Crippen molar-refractivity contribution in [1.82, 2.24) is 0 Å². The first-order chi connectivity index (χ1) is 10.3. The predicted molar refractivity (Wildman–Crippen MR) is 81.2 cm³/mol. The normalized spacial score (nSPS) is 15.9. The van der Waals surface area contributed by atoms with Crippen molar-refractivity contribution >= 4 is 0 Å². The zero-order valence-corrected chi connectivity index (χ0v) is 12.2. The minimum absolute atomic E-state index is 0.232. The van der Waals surface area contributed by atoms with Gasteiger partial charge in [-0.3, -0.25) is 0 Å². The van der Waals surface area contributed by atoms with E-state index in [0.717, 1.165) is 30.9 Å². The monoisotopic (exact) mass is 284 g/mol. The predicted octanol–water partition coefficient (Wildman–Crippen LogP) is 4.01. The van der Waals surface area contributed by atoms with Crippen LogP contribution in [-0.4, -0.2) is 13.2 Å². The molecule has 110 valence electrons. The Morgan fingerprint density at radius 1 is 1.05 bits per heavy atom. The highest BCUT2D eigenvalue weighted by Gasteiger charge is 2.16. The first kappa shape index (κ1) is 14.1. The molecule has 3 rings (SSSR count). The number of ether oxygens (including phenoxy) is 3. The van der Waals surface area contributed by atoms with Crippen LogP contribution in [0.15, 0.2) is 48.5 Å². The average molecular weight is 284 g/mol. The molecule has 2 aromatic rings. The lowest BCUT2D eigenvalue weighted by atomic mass is 10.1. The van der Waals surface area contributed by atoms with Gasteiger partial charge in [0, 0.05) is 5.56 Å². The van der Waals surface area contributed by atoms with E-state index < -0.39 is 0 Å². The summed E-state index contributed by atoms with van der Waals surface area (Å²) in [6, 6.07) is 16.3. The zero-order valence-electron chi connectivity index (χ0n) is 12.2. The van der Waals surface area contributed by atoms with Gasteiger partial charge in [-0.25, -0.2) is 0 Å². The lowest BCUT2D eigenvalue weighted by molar-refractivity contribution is -0.183.